The molecule has 35 heavy (non-hydrogen) atoms. The van der Waals surface area contributed by atoms with Crippen molar-refractivity contribution in [3.63, 3.8) is 0 Å². The highest BCUT2D eigenvalue weighted by molar-refractivity contribution is 6.11. The average molecular weight is 468 g/mol. The van der Waals surface area contributed by atoms with Gasteiger partial charge in [-0.15, -0.1) is 0 Å². The minimum Gasteiger partial charge on any atom is -0.493 e. The smallest absolute Gasteiger partial charge is 0.163 e. The van der Waals surface area contributed by atoms with Crippen LogP contribution < -0.4 is 9.47 Å². The molecule has 3 heterocycles. The summed E-state index contributed by atoms with van der Waals surface area (Å²) in [5.74, 6) is 1.70. The topological polar surface area (TPSA) is 57.7 Å². The van der Waals surface area contributed by atoms with Gasteiger partial charge in [-0.2, -0.15) is 0 Å². The number of carbonyl (C=O) groups is 1. The predicted molar refractivity (Wildman–Crippen MR) is 137 cm³/mol. The quantitative estimate of drug-likeness (QED) is 0.349. The molecule has 1 aromatic heterocycles. The lowest BCUT2D eigenvalue weighted by Gasteiger charge is -2.30. The van der Waals surface area contributed by atoms with Crippen molar-refractivity contribution in [3.05, 3.63) is 65.4 Å². The lowest BCUT2D eigenvalue weighted by atomic mass is 9.83. The molecule has 2 aliphatic heterocycles. The molecule has 6 rings (SSSR count). The summed E-state index contributed by atoms with van der Waals surface area (Å²) in [4.78, 5) is 18.0. The maximum Gasteiger partial charge on any atom is 0.163 e. The standard InChI is InChI=1S/C30H29NO4/c1-17(32)28(35-30(2,3)4)26-22-13-16-34-29(22)20-8-6-5-7-19(20)25(26)21-9-10-23-24-18(12-15-33-23)11-14-31-27(21)24/h5-11,14,28H,12-13,15-16H2,1-4H3. The van der Waals surface area contributed by atoms with E-state index in [0.29, 0.717) is 13.2 Å². The van der Waals surface area contributed by atoms with Crippen molar-refractivity contribution in [2.24, 2.45) is 0 Å². The van der Waals surface area contributed by atoms with E-state index >= 15 is 0 Å². The van der Waals surface area contributed by atoms with Crippen LogP contribution >= 0.6 is 0 Å². The van der Waals surface area contributed by atoms with Gasteiger partial charge in [0.1, 0.15) is 17.6 Å². The molecule has 5 nitrogen and oxygen atoms in total. The molecule has 5 heteroatoms. The number of ketones is 1. The minimum absolute atomic E-state index is 0.0235. The number of carbonyl (C=O) groups excluding carboxylic acids is 1. The van der Waals surface area contributed by atoms with Crippen molar-refractivity contribution in [3.8, 4) is 22.6 Å². The summed E-state index contributed by atoms with van der Waals surface area (Å²) in [5, 5.41) is 3.14. The summed E-state index contributed by atoms with van der Waals surface area (Å²) in [6.45, 7) is 8.83. The monoisotopic (exact) mass is 467 g/mol. The highest BCUT2D eigenvalue weighted by atomic mass is 16.5. The molecule has 0 aliphatic carbocycles. The van der Waals surface area contributed by atoms with Crippen LogP contribution in [0.25, 0.3) is 32.8 Å². The number of hydrogen-bond donors (Lipinski definition) is 0. The second-order valence-corrected chi connectivity index (χ2v) is 10.4. The first-order valence-electron chi connectivity index (χ1n) is 12.3. The van der Waals surface area contributed by atoms with Gasteiger partial charge < -0.3 is 14.2 Å². The Morgan fingerprint density at radius 3 is 2.54 bits per heavy atom. The van der Waals surface area contributed by atoms with Crippen molar-refractivity contribution in [1.29, 1.82) is 0 Å². The molecular formula is C30H29NO4. The second-order valence-electron chi connectivity index (χ2n) is 10.4. The zero-order chi connectivity index (χ0) is 24.3. The molecule has 0 spiro atoms. The first kappa shape index (κ1) is 22.1. The maximum absolute atomic E-state index is 13.2. The van der Waals surface area contributed by atoms with Crippen LogP contribution in [-0.2, 0) is 22.4 Å². The van der Waals surface area contributed by atoms with Gasteiger partial charge >= 0.3 is 0 Å². The fourth-order valence-electron chi connectivity index (χ4n) is 5.53. The number of nitrogens with zero attached hydrogens (tertiary/aromatic N) is 1. The Balaban J connectivity index is 1.76. The Morgan fingerprint density at radius 2 is 1.77 bits per heavy atom. The predicted octanol–water partition coefficient (Wildman–Crippen LogP) is 6.37. The number of Topliss-reactive ketones (excluding diaryl/α,β-unsaturated/α-hetero) is 1. The molecule has 1 unspecified atom stereocenters. The van der Waals surface area contributed by atoms with E-state index in [9.17, 15) is 4.79 Å². The van der Waals surface area contributed by atoms with Crippen LogP contribution in [-0.4, -0.2) is 29.6 Å². The Morgan fingerprint density at radius 1 is 1.00 bits per heavy atom. The Bertz CT molecular complexity index is 1490. The molecule has 0 bridgehead atoms. The zero-order valence-corrected chi connectivity index (χ0v) is 20.6. The number of benzene rings is 3. The third-order valence-corrected chi connectivity index (χ3v) is 6.85. The van der Waals surface area contributed by atoms with Gasteiger partial charge in [-0.3, -0.25) is 9.78 Å². The van der Waals surface area contributed by atoms with Crippen LogP contribution in [0.4, 0.5) is 0 Å². The molecule has 0 radical (unpaired) electrons. The van der Waals surface area contributed by atoms with Crippen molar-refractivity contribution in [1.82, 2.24) is 4.98 Å². The molecule has 0 saturated heterocycles. The summed E-state index contributed by atoms with van der Waals surface area (Å²) < 4.78 is 18.6. The summed E-state index contributed by atoms with van der Waals surface area (Å²) in [7, 11) is 0. The molecule has 0 saturated carbocycles. The van der Waals surface area contributed by atoms with Gasteiger partial charge in [0.2, 0.25) is 0 Å². The largest absolute Gasteiger partial charge is 0.493 e. The van der Waals surface area contributed by atoms with E-state index in [1.54, 1.807) is 6.92 Å². The Labute approximate surface area is 205 Å². The normalized spacial score (nSPS) is 15.5. The van der Waals surface area contributed by atoms with Crippen LogP contribution in [0.5, 0.6) is 11.5 Å². The van der Waals surface area contributed by atoms with E-state index in [1.807, 2.05) is 45.2 Å². The van der Waals surface area contributed by atoms with Crippen LogP contribution in [0, 0.1) is 0 Å². The SMILES string of the molecule is CC(=O)C(OC(C)(C)C)c1c2c(c3ccccc3c1-c1ccc3c4c(ccnc14)CCO3)OCC2. The fourth-order valence-corrected chi connectivity index (χ4v) is 5.53. The van der Waals surface area contributed by atoms with Gasteiger partial charge in [0.05, 0.1) is 24.3 Å². The number of ether oxygens (including phenoxy) is 3. The van der Waals surface area contributed by atoms with E-state index in [2.05, 4.69) is 24.3 Å². The second kappa shape index (κ2) is 8.06. The van der Waals surface area contributed by atoms with Gasteiger partial charge in [0.25, 0.3) is 0 Å². The molecule has 4 aromatic rings. The van der Waals surface area contributed by atoms with E-state index in [1.165, 1.54) is 5.56 Å². The number of rotatable bonds is 4. The Hall–Kier alpha value is -3.44. The van der Waals surface area contributed by atoms with Crippen LogP contribution in [0.1, 0.15) is 50.5 Å². The number of hydrogen-bond acceptors (Lipinski definition) is 5. The molecule has 1 atom stereocenters. The van der Waals surface area contributed by atoms with Crippen LogP contribution in [0.3, 0.4) is 0 Å². The van der Waals surface area contributed by atoms with Gasteiger partial charge in [0, 0.05) is 46.5 Å². The van der Waals surface area contributed by atoms with E-state index in [4.69, 9.17) is 19.2 Å². The van der Waals surface area contributed by atoms with Gasteiger partial charge in [-0.05, 0) is 62.4 Å². The Kier molecular flexibility index (Phi) is 5.08. The zero-order valence-electron chi connectivity index (χ0n) is 20.6. The molecular weight excluding hydrogens is 438 g/mol. The third-order valence-electron chi connectivity index (χ3n) is 6.85. The lowest BCUT2D eigenvalue weighted by molar-refractivity contribution is -0.138. The maximum atomic E-state index is 13.2. The molecule has 0 amide bonds. The van der Waals surface area contributed by atoms with Crippen LogP contribution in [0.2, 0.25) is 0 Å². The summed E-state index contributed by atoms with van der Waals surface area (Å²) in [5.41, 5.74) is 5.57. The highest BCUT2D eigenvalue weighted by Crippen LogP contribution is 2.50. The van der Waals surface area contributed by atoms with Crippen molar-refractivity contribution in [2.45, 2.75) is 52.2 Å². The first-order valence-corrected chi connectivity index (χ1v) is 12.3. The van der Waals surface area contributed by atoms with Gasteiger partial charge in [0.15, 0.2) is 5.78 Å². The van der Waals surface area contributed by atoms with E-state index in [0.717, 1.165) is 68.3 Å². The molecule has 2 aliphatic rings. The van der Waals surface area contributed by atoms with Gasteiger partial charge in [-0.25, -0.2) is 0 Å². The summed E-state index contributed by atoms with van der Waals surface area (Å²) in [6, 6.07) is 14.5. The molecule has 3 aromatic carbocycles. The number of pyridine rings is 1. The van der Waals surface area contributed by atoms with E-state index in [-0.39, 0.29) is 5.78 Å². The molecule has 178 valence electrons. The summed E-state index contributed by atoms with van der Waals surface area (Å²) >= 11 is 0. The van der Waals surface area contributed by atoms with Crippen LogP contribution in [0.15, 0.2) is 48.7 Å². The number of aromatic nitrogens is 1. The van der Waals surface area contributed by atoms with Crippen molar-refractivity contribution >= 4 is 27.5 Å². The first-order chi connectivity index (χ1) is 16.8. The third kappa shape index (κ3) is 3.57. The average Bonchev–Trinajstić information content (AvgIpc) is 3.32. The highest BCUT2D eigenvalue weighted by Gasteiger charge is 2.35. The van der Waals surface area contributed by atoms with Crippen molar-refractivity contribution < 1.29 is 19.0 Å². The van der Waals surface area contributed by atoms with E-state index < -0.39 is 11.7 Å². The lowest BCUT2D eigenvalue weighted by Crippen LogP contribution is -2.27. The number of fused-ring (bicyclic) bond motifs is 3. The van der Waals surface area contributed by atoms with Crippen molar-refractivity contribution in [2.75, 3.05) is 13.2 Å². The molecule has 0 N–H and O–H groups in total. The minimum atomic E-state index is -0.716. The fraction of sp³-hybridized carbons (Fsp3) is 0.333. The van der Waals surface area contributed by atoms with Gasteiger partial charge in [-0.1, -0.05) is 24.3 Å². The summed E-state index contributed by atoms with van der Waals surface area (Å²) in [6.07, 6.45) is 2.75. The molecule has 0 fully saturated rings.